The Morgan fingerprint density at radius 3 is 2.64 bits per heavy atom. The fourth-order valence-corrected chi connectivity index (χ4v) is 2.84. The number of esters is 1. The van der Waals surface area contributed by atoms with Crippen LogP contribution in [0, 0.1) is 6.92 Å². The van der Waals surface area contributed by atoms with Gasteiger partial charge in [0.2, 0.25) is 5.76 Å². The van der Waals surface area contributed by atoms with Crippen molar-refractivity contribution in [1.82, 2.24) is 0 Å². The number of para-hydroxylation sites is 1. The quantitative estimate of drug-likeness (QED) is 0.566. The summed E-state index contributed by atoms with van der Waals surface area (Å²) in [6.45, 7) is 3.89. The molecule has 0 aliphatic heterocycles. The van der Waals surface area contributed by atoms with E-state index < -0.39 is 12.3 Å². The number of carbonyl (C=O) groups excluding carboxylic acids is 1. The standard InChI is InChI=1S/C20H18F3NO4/c1-3-26-19(25)18-16(15-9-4-6-12(2)17(15)27-18)11-24-13-7-5-8-14(10-13)28-20(21,22)23/h4-10,24H,3,11H2,1-2H3. The van der Waals surface area contributed by atoms with E-state index in [1.807, 2.05) is 25.1 Å². The number of rotatable bonds is 6. The van der Waals surface area contributed by atoms with Crippen molar-refractivity contribution in [3.05, 3.63) is 59.4 Å². The maximum Gasteiger partial charge on any atom is 0.573 e. The van der Waals surface area contributed by atoms with Crippen LogP contribution in [-0.2, 0) is 11.3 Å². The van der Waals surface area contributed by atoms with E-state index >= 15 is 0 Å². The third-order valence-corrected chi connectivity index (χ3v) is 4.01. The van der Waals surface area contributed by atoms with E-state index in [0.717, 1.165) is 10.9 Å². The Hall–Kier alpha value is -3.16. The van der Waals surface area contributed by atoms with Crippen molar-refractivity contribution in [2.45, 2.75) is 26.8 Å². The molecule has 0 saturated heterocycles. The molecule has 0 spiro atoms. The number of fused-ring (bicyclic) bond motifs is 1. The second kappa shape index (κ2) is 7.84. The first-order valence-corrected chi connectivity index (χ1v) is 8.56. The number of ether oxygens (including phenoxy) is 2. The van der Waals surface area contributed by atoms with Crippen molar-refractivity contribution in [1.29, 1.82) is 0 Å². The van der Waals surface area contributed by atoms with E-state index in [1.165, 1.54) is 18.2 Å². The summed E-state index contributed by atoms with van der Waals surface area (Å²) in [6.07, 6.45) is -4.77. The highest BCUT2D eigenvalue weighted by Crippen LogP contribution is 2.30. The smallest absolute Gasteiger partial charge is 0.460 e. The minimum Gasteiger partial charge on any atom is -0.460 e. The van der Waals surface area contributed by atoms with Gasteiger partial charge >= 0.3 is 12.3 Å². The first-order valence-electron chi connectivity index (χ1n) is 8.56. The summed E-state index contributed by atoms with van der Waals surface area (Å²) in [5, 5.41) is 3.74. The molecule has 1 heterocycles. The van der Waals surface area contributed by atoms with Gasteiger partial charge in [0.1, 0.15) is 11.3 Å². The molecule has 0 aliphatic carbocycles. The number of halogens is 3. The SMILES string of the molecule is CCOC(=O)c1oc2c(C)cccc2c1CNc1cccc(OC(F)(F)F)c1. The van der Waals surface area contributed by atoms with E-state index in [9.17, 15) is 18.0 Å². The topological polar surface area (TPSA) is 60.7 Å². The number of alkyl halides is 3. The molecule has 0 saturated carbocycles. The number of hydrogen-bond donors (Lipinski definition) is 1. The summed E-state index contributed by atoms with van der Waals surface area (Å²) < 4.78 is 51.9. The highest BCUT2D eigenvalue weighted by Gasteiger charge is 2.31. The fraction of sp³-hybridized carbons (Fsp3) is 0.250. The van der Waals surface area contributed by atoms with Gasteiger partial charge in [0.25, 0.3) is 0 Å². The Balaban J connectivity index is 1.90. The zero-order valence-electron chi connectivity index (χ0n) is 15.2. The Kier molecular flexibility index (Phi) is 5.48. The summed E-state index contributed by atoms with van der Waals surface area (Å²) in [6, 6.07) is 11.0. The molecule has 0 unspecified atom stereocenters. The molecule has 5 nitrogen and oxygen atoms in total. The predicted molar refractivity (Wildman–Crippen MR) is 97.4 cm³/mol. The van der Waals surface area contributed by atoms with Crippen LogP contribution in [0.5, 0.6) is 5.75 Å². The average molecular weight is 393 g/mol. The Morgan fingerprint density at radius 2 is 1.93 bits per heavy atom. The summed E-state index contributed by atoms with van der Waals surface area (Å²) in [4.78, 5) is 12.3. The molecule has 3 aromatic rings. The highest BCUT2D eigenvalue weighted by molar-refractivity contribution is 5.97. The lowest BCUT2D eigenvalue weighted by Gasteiger charge is -2.11. The average Bonchev–Trinajstić information content (AvgIpc) is 2.99. The largest absolute Gasteiger partial charge is 0.573 e. The zero-order chi connectivity index (χ0) is 20.3. The lowest BCUT2D eigenvalue weighted by Crippen LogP contribution is -2.17. The fourth-order valence-electron chi connectivity index (χ4n) is 2.84. The molecular weight excluding hydrogens is 375 g/mol. The van der Waals surface area contributed by atoms with Crippen molar-refractivity contribution >= 4 is 22.6 Å². The molecule has 148 valence electrons. The van der Waals surface area contributed by atoms with Crippen LogP contribution >= 0.6 is 0 Å². The van der Waals surface area contributed by atoms with Gasteiger partial charge in [0.15, 0.2) is 0 Å². The van der Waals surface area contributed by atoms with Gasteiger partial charge in [-0.05, 0) is 31.5 Å². The minimum absolute atomic E-state index is 0.0707. The van der Waals surface area contributed by atoms with Crippen LogP contribution in [-0.4, -0.2) is 18.9 Å². The molecule has 0 fully saturated rings. The van der Waals surface area contributed by atoms with Crippen LogP contribution in [0.15, 0.2) is 46.9 Å². The Bertz CT molecular complexity index is 995. The third-order valence-electron chi connectivity index (χ3n) is 4.01. The van der Waals surface area contributed by atoms with E-state index in [-0.39, 0.29) is 24.7 Å². The molecule has 3 rings (SSSR count). The molecule has 1 aromatic heterocycles. The molecule has 1 N–H and O–H groups in total. The molecule has 0 radical (unpaired) electrons. The molecule has 0 bridgehead atoms. The van der Waals surface area contributed by atoms with Crippen LogP contribution < -0.4 is 10.1 Å². The second-order valence-electron chi connectivity index (χ2n) is 6.01. The number of aryl methyl sites for hydroxylation is 1. The normalized spacial score (nSPS) is 11.5. The lowest BCUT2D eigenvalue weighted by molar-refractivity contribution is -0.274. The summed E-state index contributed by atoms with van der Waals surface area (Å²) in [5.74, 6) is -0.860. The monoisotopic (exact) mass is 393 g/mol. The molecule has 0 aliphatic rings. The number of furan rings is 1. The number of hydrogen-bond acceptors (Lipinski definition) is 5. The minimum atomic E-state index is -4.77. The second-order valence-corrected chi connectivity index (χ2v) is 6.01. The molecule has 0 atom stereocenters. The lowest BCUT2D eigenvalue weighted by atomic mass is 10.1. The summed E-state index contributed by atoms with van der Waals surface area (Å²) in [5.41, 5.74) is 2.39. The first kappa shape index (κ1) is 19.6. The van der Waals surface area contributed by atoms with E-state index in [2.05, 4.69) is 10.1 Å². The number of nitrogens with one attached hydrogen (secondary N) is 1. The van der Waals surface area contributed by atoms with Crippen molar-refractivity contribution in [3.8, 4) is 5.75 Å². The van der Waals surface area contributed by atoms with Crippen LogP contribution in [0.1, 0.15) is 28.6 Å². The Morgan fingerprint density at radius 1 is 1.18 bits per heavy atom. The van der Waals surface area contributed by atoms with Gasteiger partial charge < -0.3 is 19.2 Å². The Labute approximate surface area is 159 Å². The summed E-state index contributed by atoms with van der Waals surface area (Å²) >= 11 is 0. The molecule has 0 amide bonds. The summed E-state index contributed by atoms with van der Waals surface area (Å²) in [7, 11) is 0. The van der Waals surface area contributed by atoms with Gasteiger partial charge in [-0.2, -0.15) is 0 Å². The van der Waals surface area contributed by atoms with Crippen molar-refractivity contribution in [3.63, 3.8) is 0 Å². The van der Waals surface area contributed by atoms with Crippen LogP contribution in [0.4, 0.5) is 18.9 Å². The van der Waals surface area contributed by atoms with E-state index in [4.69, 9.17) is 9.15 Å². The van der Waals surface area contributed by atoms with Gasteiger partial charge in [-0.1, -0.05) is 24.3 Å². The number of anilines is 1. The predicted octanol–water partition coefficient (Wildman–Crippen LogP) is 5.43. The first-order chi connectivity index (χ1) is 13.3. The van der Waals surface area contributed by atoms with Gasteiger partial charge in [-0.15, -0.1) is 13.2 Å². The number of benzene rings is 2. The van der Waals surface area contributed by atoms with Crippen LogP contribution in [0.3, 0.4) is 0 Å². The highest BCUT2D eigenvalue weighted by atomic mass is 19.4. The third kappa shape index (κ3) is 4.39. The molecule has 2 aromatic carbocycles. The van der Waals surface area contributed by atoms with Gasteiger partial charge in [0, 0.05) is 29.2 Å². The molecular formula is C20H18F3NO4. The van der Waals surface area contributed by atoms with Crippen molar-refractivity contribution in [2.24, 2.45) is 0 Å². The maximum absolute atomic E-state index is 12.4. The zero-order valence-corrected chi connectivity index (χ0v) is 15.2. The van der Waals surface area contributed by atoms with Crippen LogP contribution in [0.2, 0.25) is 0 Å². The maximum atomic E-state index is 12.4. The van der Waals surface area contributed by atoms with Gasteiger partial charge in [-0.25, -0.2) is 4.79 Å². The van der Waals surface area contributed by atoms with Gasteiger partial charge in [0.05, 0.1) is 6.61 Å². The van der Waals surface area contributed by atoms with Gasteiger partial charge in [-0.3, -0.25) is 0 Å². The number of carbonyl (C=O) groups is 1. The van der Waals surface area contributed by atoms with Crippen LogP contribution in [0.25, 0.3) is 11.0 Å². The molecule has 28 heavy (non-hydrogen) atoms. The van der Waals surface area contributed by atoms with Crippen molar-refractivity contribution < 1.29 is 31.9 Å². The van der Waals surface area contributed by atoms with E-state index in [0.29, 0.717) is 16.8 Å². The van der Waals surface area contributed by atoms with E-state index in [1.54, 1.807) is 13.0 Å². The van der Waals surface area contributed by atoms with Crippen molar-refractivity contribution in [2.75, 3.05) is 11.9 Å². The molecule has 8 heteroatoms.